The summed E-state index contributed by atoms with van der Waals surface area (Å²) in [6, 6.07) is 10.6. The smallest absolute Gasteiger partial charge is 0.417 e. The van der Waals surface area contributed by atoms with Crippen molar-refractivity contribution < 1.29 is 22.7 Å². The molecule has 1 amide bonds. The van der Waals surface area contributed by atoms with E-state index in [0.29, 0.717) is 12.1 Å². The first-order chi connectivity index (χ1) is 16.5. The second kappa shape index (κ2) is 10.1. The second-order valence-electron chi connectivity index (χ2n) is 10.4. The maximum Gasteiger partial charge on any atom is 0.417 e. The topological polar surface area (TPSA) is 63.2 Å². The molecule has 4 rings (SSSR count). The van der Waals surface area contributed by atoms with Crippen molar-refractivity contribution in [3.63, 3.8) is 0 Å². The van der Waals surface area contributed by atoms with Gasteiger partial charge in [-0.05, 0) is 69.6 Å². The van der Waals surface area contributed by atoms with E-state index in [0.717, 1.165) is 37.1 Å². The van der Waals surface area contributed by atoms with Gasteiger partial charge in [0.05, 0.1) is 5.56 Å². The van der Waals surface area contributed by atoms with Crippen molar-refractivity contribution in [2.75, 3.05) is 5.32 Å². The molecule has 1 aromatic heterocycles. The van der Waals surface area contributed by atoms with E-state index in [1.807, 2.05) is 13.0 Å². The molecular weight excluding hydrogens is 455 g/mol. The molecule has 1 fully saturated rings. The molecule has 35 heavy (non-hydrogen) atoms. The van der Waals surface area contributed by atoms with E-state index in [2.05, 4.69) is 33.8 Å². The number of alkyl halides is 3. The molecule has 2 aliphatic rings. The number of ether oxygens (including phenoxy) is 1. The minimum absolute atomic E-state index is 0.0256. The summed E-state index contributed by atoms with van der Waals surface area (Å²) in [7, 11) is 0. The number of hydrogen-bond acceptors (Lipinski definition) is 4. The molecule has 2 heterocycles. The number of nitrogens with one attached hydrogen (secondary N) is 2. The monoisotopic (exact) mass is 489 g/mol. The number of aryl methyl sites for hydroxylation is 1. The minimum Gasteiger partial charge on any atom is -0.462 e. The molecule has 2 N–H and O–H groups in total. The zero-order valence-electron chi connectivity index (χ0n) is 20.5. The Balaban J connectivity index is 1.42. The number of anilines is 1. The lowest BCUT2D eigenvalue weighted by Gasteiger charge is -2.41. The third kappa shape index (κ3) is 6.08. The van der Waals surface area contributed by atoms with Crippen LogP contribution in [0.3, 0.4) is 0 Å². The van der Waals surface area contributed by atoms with Crippen LogP contribution < -0.4 is 15.4 Å². The number of carbonyl (C=O) groups excluding carboxylic acids is 1. The average molecular weight is 490 g/mol. The van der Waals surface area contributed by atoms with Gasteiger partial charge in [-0.3, -0.25) is 4.79 Å². The van der Waals surface area contributed by atoms with Gasteiger partial charge < -0.3 is 15.4 Å². The van der Waals surface area contributed by atoms with Gasteiger partial charge in [-0.1, -0.05) is 37.5 Å². The Labute approximate surface area is 204 Å². The van der Waals surface area contributed by atoms with Crippen molar-refractivity contribution in [3.8, 4) is 5.88 Å². The van der Waals surface area contributed by atoms with E-state index in [4.69, 9.17) is 4.74 Å². The quantitative estimate of drug-likeness (QED) is 0.478. The van der Waals surface area contributed by atoms with Gasteiger partial charge in [0.15, 0.2) is 5.60 Å². The number of nitrogens with zero attached hydrogens (tertiary/aromatic N) is 1. The van der Waals surface area contributed by atoms with Crippen molar-refractivity contribution in [2.24, 2.45) is 11.8 Å². The number of halogens is 3. The molecule has 3 atom stereocenters. The molecule has 8 heteroatoms. The van der Waals surface area contributed by atoms with Crippen LogP contribution in [0.2, 0.25) is 0 Å². The van der Waals surface area contributed by atoms with E-state index < -0.39 is 17.3 Å². The molecule has 0 spiro atoms. The fraction of sp³-hybridized carbons (Fsp3) is 0.556. The van der Waals surface area contributed by atoms with Crippen molar-refractivity contribution >= 4 is 11.6 Å². The summed E-state index contributed by atoms with van der Waals surface area (Å²) in [6.45, 7) is 5.24. The third-order valence-electron chi connectivity index (χ3n) is 7.40. The Bertz CT molecular complexity index is 1020. The maximum atomic E-state index is 13.2. The molecule has 1 aliphatic heterocycles. The summed E-state index contributed by atoms with van der Waals surface area (Å²) >= 11 is 0. The molecule has 1 saturated carbocycles. The normalized spacial score (nSPS) is 20.1. The number of rotatable bonds is 8. The molecule has 1 aliphatic carbocycles. The summed E-state index contributed by atoms with van der Waals surface area (Å²) in [5, 5.41) is 6.86. The first-order valence-corrected chi connectivity index (χ1v) is 12.4. The highest BCUT2D eigenvalue weighted by molar-refractivity contribution is 5.84. The molecule has 0 radical (unpaired) electrons. The lowest BCUT2D eigenvalue weighted by atomic mass is 9.73. The van der Waals surface area contributed by atoms with E-state index in [9.17, 15) is 18.0 Å². The summed E-state index contributed by atoms with van der Waals surface area (Å²) in [4.78, 5) is 16.9. The Morgan fingerprint density at radius 1 is 1.17 bits per heavy atom. The van der Waals surface area contributed by atoms with Crippen molar-refractivity contribution in [3.05, 3.63) is 53.7 Å². The Kier molecular flexibility index (Phi) is 7.29. The van der Waals surface area contributed by atoms with Crippen LogP contribution in [0.15, 0.2) is 42.6 Å². The van der Waals surface area contributed by atoms with E-state index in [1.54, 1.807) is 13.8 Å². The van der Waals surface area contributed by atoms with E-state index in [-0.39, 0.29) is 29.8 Å². The molecule has 0 saturated heterocycles. The second-order valence-corrected chi connectivity index (χ2v) is 10.4. The summed E-state index contributed by atoms with van der Waals surface area (Å²) in [5.41, 5.74) is 0.328. The van der Waals surface area contributed by atoms with Gasteiger partial charge in [-0.2, -0.15) is 13.2 Å². The van der Waals surface area contributed by atoms with Crippen molar-refractivity contribution in [1.29, 1.82) is 0 Å². The average Bonchev–Trinajstić information content (AvgIpc) is 2.77. The first-order valence-electron chi connectivity index (χ1n) is 12.4. The molecule has 3 unspecified atom stereocenters. The van der Waals surface area contributed by atoms with Gasteiger partial charge in [0, 0.05) is 30.0 Å². The van der Waals surface area contributed by atoms with Gasteiger partial charge in [0.25, 0.3) is 5.91 Å². The number of pyridine rings is 1. The van der Waals surface area contributed by atoms with Crippen molar-refractivity contribution in [2.45, 2.75) is 83.2 Å². The van der Waals surface area contributed by atoms with Gasteiger partial charge >= 0.3 is 6.18 Å². The summed E-state index contributed by atoms with van der Waals surface area (Å²) in [6.07, 6.45) is 3.02. The predicted molar refractivity (Wildman–Crippen MR) is 129 cm³/mol. The number of para-hydroxylation sites is 1. The molecule has 5 nitrogen and oxygen atoms in total. The van der Waals surface area contributed by atoms with Crippen molar-refractivity contribution in [1.82, 2.24) is 10.3 Å². The van der Waals surface area contributed by atoms with Crippen LogP contribution in [0, 0.1) is 11.8 Å². The number of benzene rings is 1. The number of hydrogen-bond donors (Lipinski definition) is 2. The number of carbonyl (C=O) groups is 1. The maximum absolute atomic E-state index is 13.2. The Morgan fingerprint density at radius 2 is 1.91 bits per heavy atom. The zero-order valence-corrected chi connectivity index (χ0v) is 20.5. The molecule has 2 aromatic rings. The van der Waals surface area contributed by atoms with Crippen LogP contribution in [0.5, 0.6) is 5.88 Å². The Hall–Kier alpha value is -2.77. The third-order valence-corrected chi connectivity index (χ3v) is 7.40. The van der Waals surface area contributed by atoms with Gasteiger partial charge in [-0.25, -0.2) is 4.98 Å². The highest BCUT2D eigenvalue weighted by atomic mass is 19.4. The number of fused-ring (bicyclic) bond motifs is 1. The highest BCUT2D eigenvalue weighted by Gasteiger charge is 2.38. The fourth-order valence-corrected chi connectivity index (χ4v) is 5.02. The van der Waals surface area contributed by atoms with Gasteiger partial charge in [0.1, 0.15) is 0 Å². The predicted octanol–water partition coefficient (Wildman–Crippen LogP) is 6.00. The summed E-state index contributed by atoms with van der Waals surface area (Å²) < 4.78 is 44.1. The highest BCUT2D eigenvalue weighted by Crippen LogP contribution is 2.38. The number of aromatic nitrogens is 1. The van der Waals surface area contributed by atoms with Gasteiger partial charge in [-0.15, -0.1) is 0 Å². The van der Waals surface area contributed by atoms with Crippen LogP contribution in [0.1, 0.15) is 64.0 Å². The zero-order chi connectivity index (χ0) is 25.2. The SMILES string of the molecule is CC(NC(=O)C(C)(C)Oc1ccc(C(F)(F)F)cn1)C(CC1CCC1)C1CCc2ccccc2N1. The molecule has 1 aromatic carbocycles. The number of amides is 1. The van der Waals surface area contributed by atoms with Crippen LogP contribution in [-0.2, 0) is 17.4 Å². The first kappa shape index (κ1) is 25.3. The van der Waals surface area contributed by atoms with Crippen LogP contribution in [-0.4, -0.2) is 28.6 Å². The van der Waals surface area contributed by atoms with E-state index >= 15 is 0 Å². The molecule has 190 valence electrons. The van der Waals surface area contributed by atoms with Crippen LogP contribution in [0.25, 0.3) is 0 Å². The largest absolute Gasteiger partial charge is 0.462 e. The lowest BCUT2D eigenvalue weighted by Crippen LogP contribution is -2.54. The molecular formula is C27H34F3N3O2. The lowest BCUT2D eigenvalue weighted by molar-refractivity contribution is -0.138. The minimum atomic E-state index is -4.48. The van der Waals surface area contributed by atoms with Crippen LogP contribution in [0.4, 0.5) is 18.9 Å². The Morgan fingerprint density at radius 3 is 2.54 bits per heavy atom. The van der Waals surface area contributed by atoms with Gasteiger partial charge in [0.2, 0.25) is 5.88 Å². The van der Waals surface area contributed by atoms with Crippen LogP contribution >= 0.6 is 0 Å². The summed E-state index contributed by atoms with van der Waals surface area (Å²) in [5.74, 6) is 0.584. The standard InChI is InChI=1S/C27H34F3N3O2/c1-17(32-25(34)26(2,3)35-24-14-12-20(16-31-24)27(28,29)30)21(15-18-7-6-8-18)23-13-11-19-9-4-5-10-22(19)33-23/h4-5,9-10,12,14,16-18,21,23,33H,6-8,11,13,15H2,1-3H3,(H,32,34). The fourth-order valence-electron chi connectivity index (χ4n) is 5.02. The van der Waals surface area contributed by atoms with E-state index in [1.165, 1.54) is 24.8 Å². The molecule has 0 bridgehead atoms.